The average molecular weight is 291 g/mol. The number of pyridine rings is 1. The van der Waals surface area contributed by atoms with E-state index in [4.69, 9.17) is 4.74 Å². The Hall–Kier alpha value is -2.50. The van der Waals surface area contributed by atoms with E-state index >= 15 is 0 Å². The zero-order valence-electron chi connectivity index (χ0n) is 12.2. The van der Waals surface area contributed by atoms with E-state index < -0.39 is 5.82 Å². The van der Waals surface area contributed by atoms with Crippen molar-refractivity contribution in [3.63, 3.8) is 0 Å². The molecule has 21 heavy (non-hydrogen) atoms. The molecule has 0 aliphatic carbocycles. The number of hydrogen-bond donors (Lipinski definition) is 2. The van der Waals surface area contributed by atoms with Gasteiger partial charge in [0, 0.05) is 32.4 Å². The summed E-state index contributed by atoms with van der Waals surface area (Å²) in [6.07, 6.45) is 1.65. The molecule has 0 atom stereocenters. The van der Waals surface area contributed by atoms with E-state index in [1.54, 1.807) is 6.20 Å². The van der Waals surface area contributed by atoms with Crippen LogP contribution < -0.4 is 15.0 Å². The van der Waals surface area contributed by atoms with E-state index in [1.807, 2.05) is 25.1 Å². The Bertz CT molecular complexity index is 632. The van der Waals surface area contributed by atoms with Gasteiger partial charge in [-0.2, -0.15) is 0 Å². The van der Waals surface area contributed by atoms with E-state index in [2.05, 4.69) is 10.3 Å². The van der Waals surface area contributed by atoms with Crippen LogP contribution in [0.25, 0.3) is 0 Å². The third-order valence-corrected chi connectivity index (χ3v) is 3.07. The van der Waals surface area contributed by atoms with Crippen LogP contribution in [0.2, 0.25) is 0 Å². The van der Waals surface area contributed by atoms with Crippen molar-refractivity contribution in [2.45, 2.75) is 6.54 Å². The van der Waals surface area contributed by atoms with Gasteiger partial charge in [-0.25, -0.2) is 9.37 Å². The summed E-state index contributed by atoms with van der Waals surface area (Å²) in [5, 5.41) is 12.9. The van der Waals surface area contributed by atoms with Crippen molar-refractivity contribution in [1.29, 1.82) is 0 Å². The molecule has 112 valence electrons. The molecule has 1 aromatic heterocycles. The molecule has 0 fully saturated rings. The molecule has 2 N–H and O–H groups in total. The van der Waals surface area contributed by atoms with E-state index in [9.17, 15) is 9.50 Å². The van der Waals surface area contributed by atoms with Crippen molar-refractivity contribution < 1.29 is 14.2 Å². The van der Waals surface area contributed by atoms with Crippen molar-refractivity contribution >= 4 is 11.4 Å². The third kappa shape index (κ3) is 3.34. The molecule has 0 saturated carbocycles. The number of aromatic hydroxyl groups is 1. The van der Waals surface area contributed by atoms with Gasteiger partial charge in [-0.05, 0) is 24.3 Å². The Labute approximate surface area is 123 Å². The zero-order valence-corrected chi connectivity index (χ0v) is 12.2. The molecule has 5 nitrogen and oxygen atoms in total. The molecule has 0 saturated heterocycles. The second-order valence-corrected chi connectivity index (χ2v) is 4.74. The highest BCUT2D eigenvalue weighted by Gasteiger charge is 2.13. The lowest BCUT2D eigenvalue weighted by atomic mass is 10.2. The van der Waals surface area contributed by atoms with Crippen LogP contribution in [0, 0.1) is 5.82 Å². The molecular weight excluding hydrogens is 273 g/mol. The van der Waals surface area contributed by atoms with Crippen molar-refractivity contribution in [2.24, 2.45) is 0 Å². The second kappa shape index (κ2) is 6.30. The Morgan fingerprint density at radius 1 is 1.33 bits per heavy atom. The van der Waals surface area contributed by atoms with Crippen LogP contribution in [0.4, 0.5) is 15.8 Å². The number of anilines is 2. The van der Waals surface area contributed by atoms with Gasteiger partial charge in [-0.1, -0.05) is 0 Å². The van der Waals surface area contributed by atoms with Gasteiger partial charge in [0.25, 0.3) is 0 Å². The SMILES string of the molecule is COc1nccc(N(C)C)c1NCc1cc(F)ccc1O. The number of nitrogens with one attached hydrogen (secondary N) is 1. The number of hydrogen-bond acceptors (Lipinski definition) is 5. The normalized spacial score (nSPS) is 10.3. The van der Waals surface area contributed by atoms with Crippen LogP contribution in [0.1, 0.15) is 5.56 Å². The standard InChI is InChI=1S/C15H18FN3O2/c1-19(2)12-6-7-17-15(21-3)14(12)18-9-10-8-11(16)4-5-13(10)20/h4-8,18,20H,9H2,1-3H3. The Morgan fingerprint density at radius 2 is 2.10 bits per heavy atom. The fourth-order valence-electron chi connectivity index (χ4n) is 2.01. The number of phenolic OH excluding ortho intramolecular Hbond substituents is 1. The number of benzene rings is 1. The third-order valence-electron chi connectivity index (χ3n) is 3.07. The molecule has 2 rings (SSSR count). The van der Waals surface area contributed by atoms with Crippen LogP contribution in [0.3, 0.4) is 0 Å². The van der Waals surface area contributed by atoms with Gasteiger partial charge in [-0.3, -0.25) is 0 Å². The Kier molecular flexibility index (Phi) is 4.47. The molecule has 0 bridgehead atoms. The van der Waals surface area contributed by atoms with Crippen LogP contribution >= 0.6 is 0 Å². The Morgan fingerprint density at radius 3 is 2.76 bits per heavy atom. The molecule has 0 radical (unpaired) electrons. The molecule has 2 aromatic rings. The minimum atomic E-state index is -0.393. The van der Waals surface area contributed by atoms with E-state index in [1.165, 1.54) is 25.3 Å². The van der Waals surface area contributed by atoms with Gasteiger partial charge in [-0.15, -0.1) is 0 Å². The number of aromatic nitrogens is 1. The van der Waals surface area contributed by atoms with E-state index in [0.29, 0.717) is 17.1 Å². The zero-order chi connectivity index (χ0) is 15.4. The summed E-state index contributed by atoms with van der Waals surface area (Å²) in [6.45, 7) is 0.256. The first-order valence-electron chi connectivity index (χ1n) is 6.44. The summed E-state index contributed by atoms with van der Waals surface area (Å²) >= 11 is 0. The minimum Gasteiger partial charge on any atom is -0.508 e. The summed E-state index contributed by atoms with van der Waals surface area (Å²) in [4.78, 5) is 6.06. The average Bonchev–Trinajstić information content (AvgIpc) is 2.47. The van der Waals surface area contributed by atoms with Crippen LogP contribution in [0.15, 0.2) is 30.5 Å². The van der Waals surface area contributed by atoms with Gasteiger partial charge in [0.1, 0.15) is 17.3 Å². The number of phenols is 1. The molecule has 6 heteroatoms. The smallest absolute Gasteiger partial charge is 0.239 e. The van der Waals surface area contributed by atoms with Crippen molar-refractivity contribution in [2.75, 3.05) is 31.4 Å². The maximum Gasteiger partial charge on any atom is 0.239 e. The molecule has 0 amide bonds. The maximum absolute atomic E-state index is 13.2. The summed E-state index contributed by atoms with van der Waals surface area (Å²) < 4.78 is 18.5. The van der Waals surface area contributed by atoms with Gasteiger partial charge in [0.2, 0.25) is 5.88 Å². The number of rotatable bonds is 5. The highest BCUT2D eigenvalue weighted by molar-refractivity contribution is 5.74. The van der Waals surface area contributed by atoms with E-state index in [0.717, 1.165) is 5.69 Å². The van der Waals surface area contributed by atoms with Crippen LogP contribution in [0.5, 0.6) is 11.6 Å². The number of ether oxygens (including phenoxy) is 1. The monoisotopic (exact) mass is 291 g/mol. The van der Waals surface area contributed by atoms with Crippen molar-refractivity contribution in [3.8, 4) is 11.6 Å². The van der Waals surface area contributed by atoms with Crippen LogP contribution in [-0.2, 0) is 6.54 Å². The molecule has 1 aromatic carbocycles. The maximum atomic E-state index is 13.2. The predicted molar refractivity (Wildman–Crippen MR) is 80.5 cm³/mol. The lowest BCUT2D eigenvalue weighted by Gasteiger charge is -2.20. The summed E-state index contributed by atoms with van der Waals surface area (Å²) in [5.41, 5.74) is 2.04. The lowest BCUT2D eigenvalue weighted by molar-refractivity contribution is 0.399. The first-order chi connectivity index (χ1) is 10.0. The second-order valence-electron chi connectivity index (χ2n) is 4.74. The van der Waals surface area contributed by atoms with Gasteiger partial charge in [0.05, 0.1) is 12.8 Å². The molecule has 0 aliphatic rings. The number of nitrogens with zero attached hydrogens (tertiary/aromatic N) is 2. The molecular formula is C15H18FN3O2. The quantitative estimate of drug-likeness (QED) is 0.887. The van der Waals surface area contributed by atoms with Gasteiger partial charge >= 0.3 is 0 Å². The van der Waals surface area contributed by atoms with Crippen molar-refractivity contribution in [3.05, 3.63) is 41.8 Å². The Balaban J connectivity index is 2.29. The highest BCUT2D eigenvalue weighted by atomic mass is 19.1. The first-order valence-corrected chi connectivity index (χ1v) is 6.44. The predicted octanol–water partition coefficient (Wildman–Crippen LogP) is 2.61. The summed E-state index contributed by atoms with van der Waals surface area (Å²) in [6, 6.07) is 5.69. The first kappa shape index (κ1) is 14.9. The molecule has 0 spiro atoms. The molecule has 0 unspecified atom stereocenters. The topological polar surface area (TPSA) is 57.6 Å². The fourth-order valence-corrected chi connectivity index (χ4v) is 2.01. The van der Waals surface area contributed by atoms with Crippen molar-refractivity contribution in [1.82, 2.24) is 4.98 Å². The highest BCUT2D eigenvalue weighted by Crippen LogP contribution is 2.33. The molecule has 0 aliphatic heterocycles. The number of methoxy groups -OCH3 is 1. The lowest BCUT2D eigenvalue weighted by Crippen LogP contribution is -2.13. The van der Waals surface area contributed by atoms with Gasteiger partial charge in [0.15, 0.2) is 0 Å². The molecule has 1 heterocycles. The minimum absolute atomic E-state index is 0.0400. The summed E-state index contributed by atoms with van der Waals surface area (Å²) in [5.74, 6) is 0.0887. The fraction of sp³-hybridized carbons (Fsp3) is 0.267. The largest absolute Gasteiger partial charge is 0.508 e. The summed E-state index contributed by atoms with van der Waals surface area (Å²) in [7, 11) is 5.34. The van der Waals surface area contributed by atoms with Gasteiger partial charge < -0.3 is 20.1 Å². The van der Waals surface area contributed by atoms with E-state index in [-0.39, 0.29) is 12.3 Å². The van der Waals surface area contributed by atoms with Crippen LogP contribution in [-0.4, -0.2) is 31.3 Å². The number of halogens is 1.